The lowest BCUT2D eigenvalue weighted by molar-refractivity contribution is -0.891. The Bertz CT molecular complexity index is 211. The molecule has 1 nitrogen and oxygen atoms in total. The molecule has 14 heavy (non-hydrogen) atoms. The molecule has 1 aromatic carbocycles. The Morgan fingerprint density at radius 3 is 2.21 bits per heavy atom. The summed E-state index contributed by atoms with van der Waals surface area (Å²) in [7, 11) is 2.16. The van der Waals surface area contributed by atoms with E-state index in [2.05, 4.69) is 31.3 Å². The number of benzene rings is 1. The molecule has 1 aromatic rings. The van der Waals surface area contributed by atoms with E-state index in [9.17, 15) is 0 Å². The minimum Gasteiger partial charge on any atom is -0.333 e. The third-order valence-electron chi connectivity index (χ3n) is 1.87. The van der Waals surface area contributed by atoms with Gasteiger partial charge in [-0.2, -0.15) is 0 Å². The number of alkyl halides is 1. The van der Waals surface area contributed by atoms with Gasteiger partial charge < -0.3 is 4.90 Å². The van der Waals surface area contributed by atoms with Crippen molar-refractivity contribution in [3.05, 3.63) is 35.9 Å². The molecule has 1 N–H and O–H groups in total. The van der Waals surface area contributed by atoms with Gasteiger partial charge in [0.2, 0.25) is 0 Å². The minimum absolute atomic E-state index is 0.735. The van der Waals surface area contributed by atoms with E-state index in [1.54, 1.807) is 0 Å². The van der Waals surface area contributed by atoms with Crippen LogP contribution in [0.2, 0.25) is 0 Å². The second kappa shape index (κ2) is 9.04. The van der Waals surface area contributed by atoms with E-state index in [0.717, 1.165) is 19.0 Å². The second-order valence-electron chi connectivity index (χ2n) is 3.06. The number of hydrogen-bond acceptors (Lipinski definition) is 0. The molecule has 0 radical (unpaired) electrons. The molecule has 0 saturated heterocycles. The zero-order valence-corrected chi connectivity index (χ0v) is 10.1. The predicted molar refractivity (Wildman–Crippen MR) is 64.0 cm³/mol. The van der Waals surface area contributed by atoms with Crippen molar-refractivity contribution in [1.82, 2.24) is 0 Å². The van der Waals surface area contributed by atoms with E-state index in [4.69, 9.17) is 11.6 Å². The summed E-state index contributed by atoms with van der Waals surface area (Å²) < 4.78 is 0. The van der Waals surface area contributed by atoms with Crippen LogP contribution in [0.1, 0.15) is 19.4 Å². The highest BCUT2D eigenvalue weighted by Crippen LogP contribution is 1.94. The van der Waals surface area contributed by atoms with Crippen molar-refractivity contribution in [3.63, 3.8) is 0 Å². The standard InChI is InChI=1S/C10H14ClN.C2H6/c1-12(8-7-11)9-10-5-3-2-4-6-10;1-2/h2-6H,7-9H2,1H3;1-2H3/p+1. The lowest BCUT2D eigenvalue weighted by atomic mass is 10.2. The topological polar surface area (TPSA) is 4.44 Å². The van der Waals surface area contributed by atoms with Gasteiger partial charge in [0.1, 0.15) is 6.54 Å². The van der Waals surface area contributed by atoms with Crippen molar-refractivity contribution < 1.29 is 4.90 Å². The van der Waals surface area contributed by atoms with Gasteiger partial charge in [0.15, 0.2) is 0 Å². The fourth-order valence-electron chi connectivity index (χ4n) is 1.19. The lowest BCUT2D eigenvalue weighted by Gasteiger charge is -2.11. The van der Waals surface area contributed by atoms with Gasteiger partial charge in [-0.3, -0.25) is 0 Å². The summed E-state index contributed by atoms with van der Waals surface area (Å²) in [6.45, 7) is 6.09. The molecule has 0 saturated carbocycles. The first-order valence-corrected chi connectivity index (χ1v) is 5.77. The van der Waals surface area contributed by atoms with E-state index in [1.165, 1.54) is 10.5 Å². The molecule has 0 aliphatic carbocycles. The van der Waals surface area contributed by atoms with E-state index < -0.39 is 0 Å². The Labute approximate surface area is 92.7 Å². The zero-order chi connectivity index (χ0) is 10.8. The normalized spacial score (nSPS) is 11.4. The molecule has 1 rings (SSSR count). The average Bonchev–Trinajstić information content (AvgIpc) is 2.22. The van der Waals surface area contributed by atoms with Gasteiger partial charge >= 0.3 is 0 Å². The molecule has 0 heterocycles. The van der Waals surface area contributed by atoms with Crippen LogP contribution in [0.5, 0.6) is 0 Å². The number of nitrogens with one attached hydrogen (secondary N) is 1. The maximum atomic E-state index is 5.64. The Kier molecular flexibility index (Phi) is 8.70. The summed E-state index contributed by atoms with van der Waals surface area (Å²) in [4.78, 5) is 1.45. The van der Waals surface area contributed by atoms with Crippen molar-refractivity contribution in [2.45, 2.75) is 20.4 Å². The van der Waals surface area contributed by atoms with Crippen LogP contribution in [-0.2, 0) is 6.54 Å². The number of halogens is 1. The lowest BCUT2D eigenvalue weighted by Crippen LogP contribution is -3.07. The van der Waals surface area contributed by atoms with Gasteiger partial charge in [0.05, 0.1) is 19.5 Å². The highest BCUT2D eigenvalue weighted by atomic mass is 35.5. The van der Waals surface area contributed by atoms with Crippen molar-refractivity contribution in [1.29, 1.82) is 0 Å². The molecule has 1 atom stereocenters. The van der Waals surface area contributed by atoms with Crippen LogP contribution >= 0.6 is 11.6 Å². The van der Waals surface area contributed by atoms with Crippen molar-refractivity contribution in [3.8, 4) is 0 Å². The molecule has 0 fully saturated rings. The average molecular weight is 215 g/mol. The summed E-state index contributed by atoms with van der Waals surface area (Å²) >= 11 is 5.64. The molecule has 2 heteroatoms. The minimum atomic E-state index is 0.735. The smallest absolute Gasteiger partial charge is 0.103 e. The highest BCUT2D eigenvalue weighted by Gasteiger charge is 2.00. The van der Waals surface area contributed by atoms with Crippen LogP contribution < -0.4 is 4.90 Å². The van der Waals surface area contributed by atoms with Crippen molar-refractivity contribution in [2.75, 3.05) is 19.5 Å². The van der Waals surface area contributed by atoms with Crippen LogP contribution in [0, 0.1) is 0 Å². The van der Waals surface area contributed by atoms with E-state index in [1.807, 2.05) is 19.9 Å². The Hall–Kier alpha value is -0.530. The molecule has 0 aliphatic heterocycles. The summed E-state index contributed by atoms with van der Waals surface area (Å²) in [6.07, 6.45) is 0. The second-order valence-corrected chi connectivity index (χ2v) is 3.44. The first kappa shape index (κ1) is 13.5. The van der Waals surface area contributed by atoms with Crippen molar-refractivity contribution >= 4 is 11.6 Å². The van der Waals surface area contributed by atoms with Crippen LogP contribution in [0.4, 0.5) is 0 Å². The van der Waals surface area contributed by atoms with Crippen LogP contribution in [0.25, 0.3) is 0 Å². The molecule has 0 aromatic heterocycles. The Morgan fingerprint density at radius 1 is 1.14 bits per heavy atom. The third kappa shape index (κ3) is 6.01. The van der Waals surface area contributed by atoms with Crippen molar-refractivity contribution in [2.24, 2.45) is 0 Å². The molecular weight excluding hydrogens is 194 g/mol. The third-order valence-corrected chi connectivity index (χ3v) is 2.06. The maximum absolute atomic E-state index is 5.64. The highest BCUT2D eigenvalue weighted by molar-refractivity contribution is 6.17. The number of quaternary nitrogens is 1. The molecule has 0 spiro atoms. The summed E-state index contributed by atoms with van der Waals surface area (Å²) in [5.74, 6) is 0.735. The van der Waals surface area contributed by atoms with Gasteiger partial charge in [-0.25, -0.2) is 0 Å². The molecule has 80 valence electrons. The largest absolute Gasteiger partial charge is 0.333 e. The van der Waals surface area contributed by atoms with E-state index >= 15 is 0 Å². The predicted octanol–water partition coefficient (Wildman–Crippen LogP) is 1.97. The quantitative estimate of drug-likeness (QED) is 0.732. The Balaban J connectivity index is 0.000000791. The fraction of sp³-hybridized carbons (Fsp3) is 0.500. The molecule has 0 bridgehead atoms. The SMILES string of the molecule is CC.C[NH+](CCCl)Cc1ccccc1. The maximum Gasteiger partial charge on any atom is 0.103 e. The van der Waals surface area contributed by atoms with E-state index in [0.29, 0.717) is 0 Å². The van der Waals surface area contributed by atoms with Gasteiger partial charge in [0, 0.05) is 5.56 Å². The molecule has 1 unspecified atom stereocenters. The van der Waals surface area contributed by atoms with Crippen LogP contribution in [-0.4, -0.2) is 19.5 Å². The van der Waals surface area contributed by atoms with Crippen LogP contribution in [0.3, 0.4) is 0 Å². The number of hydrogen-bond donors (Lipinski definition) is 1. The van der Waals surface area contributed by atoms with E-state index in [-0.39, 0.29) is 0 Å². The number of rotatable bonds is 4. The fourth-order valence-corrected chi connectivity index (χ4v) is 1.52. The summed E-state index contributed by atoms with van der Waals surface area (Å²) in [5.41, 5.74) is 1.38. The molecule has 0 amide bonds. The zero-order valence-electron chi connectivity index (χ0n) is 9.39. The van der Waals surface area contributed by atoms with Crippen LogP contribution in [0.15, 0.2) is 30.3 Å². The Morgan fingerprint density at radius 2 is 1.71 bits per heavy atom. The van der Waals surface area contributed by atoms with Gasteiger partial charge in [-0.15, -0.1) is 11.6 Å². The summed E-state index contributed by atoms with van der Waals surface area (Å²) in [6, 6.07) is 10.5. The molecular formula is C12H21ClN+. The first-order valence-electron chi connectivity index (χ1n) is 5.24. The first-order chi connectivity index (χ1) is 6.83. The summed E-state index contributed by atoms with van der Waals surface area (Å²) in [5, 5.41) is 0. The van der Waals surface area contributed by atoms with Gasteiger partial charge in [-0.1, -0.05) is 44.2 Å². The monoisotopic (exact) mass is 214 g/mol. The van der Waals surface area contributed by atoms with Gasteiger partial charge in [-0.05, 0) is 0 Å². The van der Waals surface area contributed by atoms with Gasteiger partial charge in [0.25, 0.3) is 0 Å². The molecule has 0 aliphatic rings.